The molecule has 0 bridgehead atoms. The fraction of sp³-hybridized carbons (Fsp3) is 0.353. The number of hydrogen-bond donors (Lipinski definition) is 1. The van der Waals surface area contributed by atoms with Gasteiger partial charge in [0.1, 0.15) is 0 Å². The third-order valence-electron chi connectivity index (χ3n) is 4.67. The van der Waals surface area contributed by atoms with Crippen molar-refractivity contribution in [3.05, 3.63) is 34.4 Å². The van der Waals surface area contributed by atoms with Crippen molar-refractivity contribution in [3.8, 4) is 0 Å². The molecule has 1 aromatic carbocycles. The molecule has 1 aromatic rings. The van der Waals surface area contributed by atoms with Gasteiger partial charge in [0.25, 0.3) is 23.6 Å². The molecule has 1 unspecified atom stereocenters. The lowest BCUT2D eigenvalue weighted by atomic mass is 9.93. The molecule has 0 saturated carbocycles. The van der Waals surface area contributed by atoms with Crippen molar-refractivity contribution in [2.75, 3.05) is 6.54 Å². The standard InChI is InChI=1S/C17H13F4N3O5/c1-5(2)4-23-15(28)17(3,14(27)22-16(23)29)24-12(25)6-7(13(24)26)9(19)11(21)10(20)8(6)18/h5H,4H2,1-3H3,(H,22,27,29). The molecule has 8 nitrogen and oxygen atoms in total. The Hall–Kier alpha value is -3.31. The van der Waals surface area contributed by atoms with E-state index >= 15 is 0 Å². The topological polar surface area (TPSA) is 104 Å². The van der Waals surface area contributed by atoms with Gasteiger partial charge in [0.15, 0.2) is 23.3 Å². The molecule has 154 valence electrons. The molecular weight excluding hydrogens is 402 g/mol. The Morgan fingerprint density at radius 1 is 0.862 bits per heavy atom. The van der Waals surface area contributed by atoms with Gasteiger partial charge in [0.2, 0.25) is 5.54 Å². The molecule has 3 rings (SSSR count). The number of amides is 6. The summed E-state index contributed by atoms with van der Waals surface area (Å²) in [5, 5.41) is 1.80. The molecule has 2 aliphatic rings. The first-order valence-electron chi connectivity index (χ1n) is 8.27. The smallest absolute Gasteiger partial charge is 0.275 e. The predicted molar refractivity (Wildman–Crippen MR) is 85.3 cm³/mol. The summed E-state index contributed by atoms with van der Waals surface area (Å²) in [6, 6.07) is -1.11. The van der Waals surface area contributed by atoms with Crippen molar-refractivity contribution in [1.29, 1.82) is 0 Å². The van der Waals surface area contributed by atoms with Gasteiger partial charge in [0, 0.05) is 6.54 Å². The Morgan fingerprint density at radius 2 is 1.31 bits per heavy atom. The van der Waals surface area contributed by atoms with Crippen LogP contribution in [0.15, 0.2) is 0 Å². The first-order valence-corrected chi connectivity index (χ1v) is 8.27. The maximum Gasteiger partial charge on any atom is 0.330 e. The predicted octanol–water partition coefficient (Wildman–Crippen LogP) is 1.33. The number of carbonyl (C=O) groups is 5. The minimum atomic E-state index is -2.72. The number of benzene rings is 1. The van der Waals surface area contributed by atoms with Crippen LogP contribution in [0.3, 0.4) is 0 Å². The number of nitrogens with zero attached hydrogens (tertiary/aromatic N) is 2. The van der Waals surface area contributed by atoms with Gasteiger partial charge in [-0.05, 0) is 12.8 Å². The normalized spacial score (nSPS) is 22.0. The Bertz CT molecular complexity index is 978. The molecular formula is C17H13F4N3O5. The minimum absolute atomic E-state index is 0.0971. The van der Waals surface area contributed by atoms with E-state index < -0.39 is 69.6 Å². The van der Waals surface area contributed by atoms with Crippen molar-refractivity contribution in [1.82, 2.24) is 15.1 Å². The SMILES string of the molecule is CC(C)CN1C(=O)NC(=O)C(C)(N2C(=O)c3c(F)c(F)c(F)c(F)c3C2=O)C1=O. The number of urea groups is 1. The van der Waals surface area contributed by atoms with Crippen LogP contribution in [-0.2, 0) is 9.59 Å². The summed E-state index contributed by atoms with van der Waals surface area (Å²) in [4.78, 5) is 63.0. The van der Waals surface area contributed by atoms with Crippen LogP contribution in [-0.4, -0.2) is 51.5 Å². The molecule has 0 aliphatic carbocycles. The zero-order chi connectivity index (χ0) is 22.0. The molecule has 1 atom stereocenters. The molecule has 2 heterocycles. The van der Waals surface area contributed by atoms with E-state index in [0.717, 1.165) is 6.92 Å². The Kier molecular flexibility index (Phi) is 4.48. The van der Waals surface area contributed by atoms with Gasteiger partial charge in [0.05, 0.1) is 11.1 Å². The second-order valence-corrected chi connectivity index (χ2v) is 7.09. The fourth-order valence-electron chi connectivity index (χ4n) is 3.22. The van der Waals surface area contributed by atoms with Gasteiger partial charge in [-0.3, -0.25) is 29.4 Å². The maximum absolute atomic E-state index is 14.1. The van der Waals surface area contributed by atoms with E-state index in [9.17, 15) is 41.5 Å². The van der Waals surface area contributed by atoms with Crippen LogP contribution in [0.25, 0.3) is 0 Å². The first kappa shape index (κ1) is 20.4. The highest BCUT2D eigenvalue weighted by Gasteiger charge is 2.61. The summed E-state index contributed by atoms with van der Waals surface area (Å²) in [5.41, 5.74) is -5.61. The number of hydrogen-bond acceptors (Lipinski definition) is 5. The van der Waals surface area contributed by atoms with Crippen molar-refractivity contribution in [3.63, 3.8) is 0 Å². The van der Waals surface area contributed by atoms with Gasteiger partial charge in [-0.2, -0.15) is 0 Å². The van der Waals surface area contributed by atoms with Gasteiger partial charge in [-0.25, -0.2) is 27.3 Å². The van der Waals surface area contributed by atoms with E-state index in [0.29, 0.717) is 4.90 Å². The zero-order valence-electron chi connectivity index (χ0n) is 15.2. The Labute approximate surface area is 160 Å². The molecule has 0 aromatic heterocycles. The van der Waals surface area contributed by atoms with E-state index in [1.807, 2.05) is 0 Å². The number of nitrogens with one attached hydrogen (secondary N) is 1. The summed E-state index contributed by atoms with van der Waals surface area (Å²) in [6.45, 7) is 3.84. The lowest BCUT2D eigenvalue weighted by molar-refractivity contribution is -0.150. The van der Waals surface area contributed by atoms with Crippen LogP contribution in [0.5, 0.6) is 0 Å². The minimum Gasteiger partial charge on any atom is -0.275 e. The summed E-state index contributed by atoms with van der Waals surface area (Å²) in [7, 11) is 0. The van der Waals surface area contributed by atoms with E-state index in [4.69, 9.17) is 0 Å². The highest BCUT2D eigenvalue weighted by atomic mass is 19.2. The molecule has 1 saturated heterocycles. The largest absolute Gasteiger partial charge is 0.330 e. The number of fused-ring (bicyclic) bond motifs is 1. The Morgan fingerprint density at radius 3 is 1.72 bits per heavy atom. The van der Waals surface area contributed by atoms with E-state index in [2.05, 4.69) is 0 Å². The van der Waals surface area contributed by atoms with Gasteiger partial charge >= 0.3 is 6.03 Å². The molecule has 6 amide bonds. The van der Waals surface area contributed by atoms with Gasteiger partial charge < -0.3 is 0 Å². The molecule has 12 heteroatoms. The first-order chi connectivity index (χ1) is 13.3. The van der Waals surface area contributed by atoms with Crippen LogP contribution < -0.4 is 5.32 Å². The molecule has 1 N–H and O–H groups in total. The van der Waals surface area contributed by atoms with E-state index in [1.165, 1.54) is 0 Å². The van der Waals surface area contributed by atoms with Crippen molar-refractivity contribution < 1.29 is 41.5 Å². The lowest BCUT2D eigenvalue weighted by Gasteiger charge is -2.41. The fourth-order valence-corrected chi connectivity index (χ4v) is 3.22. The summed E-state index contributed by atoms with van der Waals surface area (Å²) >= 11 is 0. The number of halogens is 4. The van der Waals surface area contributed by atoms with Crippen molar-refractivity contribution in [2.45, 2.75) is 26.3 Å². The monoisotopic (exact) mass is 415 g/mol. The number of carbonyl (C=O) groups excluding carboxylic acids is 5. The van der Waals surface area contributed by atoms with Gasteiger partial charge in [-0.1, -0.05) is 13.8 Å². The maximum atomic E-state index is 14.1. The molecule has 1 fully saturated rings. The molecule has 0 spiro atoms. The number of rotatable bonds is 3. The average molecular weight is 415 g/mol. The van der Waals surface area contributed by atoms with Crippen LogP contribution in [0, 0.1) is 29.2 Å². The quantitative estimate of drug-likeness (QED) is 0.264. The second kappa shape index (κ2) is 6.36. The zero-order valence-corrected chi connectivity index (χ0v) is 15.2. The Balaban J connectivity index is 2.18. The van der Waals surface area contributed by atoms with E-state index in [-0.39, 0.29) is 17.4 Å². The van der Waals surface area contributed by atoms with Crippen LogP contribution in [0.4, 0.5) is 22.4 Å². The lowest BCUT2D eigenvalue weighted by Crippen LogP contribution is -2.73. The van der Waals surface area contributed by atoms with Crippen molar-refractivity contribution in [2.24, 2.45) is 5.92 Å². The van der Waals surface area contributed by atoms with Gasteiger partial charge in [-0.15, -0.1) is 0 Å². The summed E-state index contributed by atoms with van der Waals surface area (Å²) < 4.78 is 55.3. The summed E-state index contributed by atoms with van der Waals surface area (Å²) in [6.07, 6.45) is 0. The third kappa shape index (κ3) is 2.54. The van der Waals surface area contributed by atoms with Crippen molar-refractivity contribution >= 4 is 29.7 Å². The van der Waals surface area contributed by atoms with E-state index in [1.54, 1.807) is 19.2 Å². The van der Waals surface area contributed by atoms with Crippen LogP contribution in [0.2, 0.25) is 0 Å². The summed E-state index contributed by atoms with van der Waals surface area (Å²) in [5.74, 6) is -15.4. The molecule has 29 heavy (non-hydrogen) atoms. The highest BCUT2D eigenvalue weighted by Crippen LogP contribution is 2.37. The number of barbiturate groups is 1. The number of imide groups is 3. The second-order valence-electron chi connectivity index (χ2n) is 7.09. The molecule has 0 radical (unpaired) electrons. The third-order valence-corrected chi connectivity index (χ3v) is 4.67. The van der Waals surface area contributed by atoms with Crippen LogP contribution >= 0.6 is 0 Å². The molecule has 2 aliphatic heterocycles. The highest BCUT2D eigenvalue weighted by molar-refractivity contribution is 6.31. The van der Waals surface area contributed by atoms with Crippen LogP contribution in [0.1, 0.15) is 41.5 Å². The average Bonchev–Trinajstić information content (AvgIpc) is 2.91.